The maximum atomic E-state index is 11.9. The van der Waals surface area contributed by atoms with Crippen LogP contribution < -0.4 is 10.6 Å². The first-order chi connectivity index (χ1) is 19.4. The number of carbonyl (C=O) groups excluding carboxylic acids is 3. The van der Waals surface area contributed by atoms with E-state index >= 15 is 0 Å². The molecule has 0 unspecified atom stereocenters. The Bertz CT molecular complexity index is 941. The summed E-state index contributed by atoms with van der Waals surface area (Å²) in [5.41, 5.74) is 0. The number of ether oxygens (including phenoxy) is 1. The molecule has 40 heavy (non-hydrogen) atoms. The standard InChI is InChI=1S/C32H46N2O6/c1-3-4-5-6-7-8-9-10-11-12-13-14-15-16-17-18-19-20-21-24-29(35)33-27-22-23-28(32(38)39)34-30(36)25-26-31(37)40-2/h4-5,7-8,10-11,13-14,16-17,19-20,25-26,28H,3,6,9,12,15,18,21-24,27H2,1-2H3,(H,33,35)(H,34,36)(H,38,39)/b5-4-,8-7-,11-10-,14-13-,17-16-,20-19-,26-25+/t28-/m0/s1. The maximum Gasteiger partial charge on any atom is 0.330 e. The highest BCUT2D eigenvalue weighted by molar-refractivity contribution is 5.96. The monoisotopic (exact) mass is 554 g/mol. The van der Waals surface area contributed by atoms with Crippen LogP contribution in [0.4, 0.5) is 0 Å². The Hall–Kier alpha value is -3.94. The SMILES string of the molecule is CC/C=C\C/C=C\C/C=C\C/C=C\C/C=C\C/C=C\CCC(=O)NCCC[C@H](NC(=O)/C=C/C(=O)OC)C(=O)O. The van der Waals surface area contributed by atoms with Crippen molar-refractivity contribution in [2.75, 3.05) is 13.7 Å². The average Bonchev–Trinajstić information content (AvgIpc) is 2.94. The van der Waals surface area contributed by atoms with Gasteiger partial charge in [-0.2, -0.15) is 0 Å². The van der Waals surface area contributed by atoms with Crippen molar-refractivity contribution < 1.29 is 29.0 Å². The number of carboxylic acid groups (broad SMARTS) is 1. The molecule has 8 nitrogen and oxygen atoms in total. The van der Waals surface area contributed by atoms with Gasteiger partial charge in [-0.15, -0.1) is 0 Å². The summed E-state index contributed by atoms with van der Waals surface area (Å²) in [6.45, 7) is 2.44. The lowest BCUT2D eigenvalue weighted by atomic mass is 10.1. The molecule has 0 bridgehead atoms. The van der Waals surface area contributed by atoms with E-state index < -0.39 is 23.9 Å². The van der Waals surface area contributed by atoms with Gasteiger partial charge in [0, 0.05) is 25.1 Å². The van der Waals surface area contributed by atoms with Gasteiger partial charge in [-0.3, -0.25) is 9.59 Å². The van der Waals surface area contributed by atoms with Gasteiger partial charge in [0.2, 0.25) is 11.8 Å². The molecule has 0 rings (SSSR count). The number of nitrogens with one attached hydrogen (secondary N) is 2. The molecule has 0 aromatic carbocycles. The molecule has 0 aliphatic carbocycles. The number of amides is 2. The lowest BCUT2D eigenvalue weighted by Gasteiger charge is -2.13. The van der Waals surface area contributed by atoms with Crippen molar-refractivity contribution in [1.82, 2.24) is 10.6 Å². The lowest BCUT2D eigenvalue weighted by Crippen LogP contribution is -2.40. The largest absolute Gasteiger partial charge is 0.480 e. The van der Waals surface area contributed by atoms with Gasteiger partial charge in [0.05, 0.1) is 7.11 Å². The molecular formula is C32H46N2O6. The van der Waals surface area contributed by atoms with Gasteiger partial charge in [0.1, 0.15) is 6.04 Å². The minimum absolute atomic E-state index is 0.114. The van der Waals surface area contributed by atoms with E-state index in [0.29, 0.717) is 25.8 Å². The maximum absolute atomic E-state index is 11.9. The van der Waals surface area contributed by atoms with Crippen molar-refractivity contribution in [2.45, 2.75) is 77.2 Å². The zero-order valence-electron chi connectivity index (χ0n) is 23.9. The van der Waals surface area contributed by atoms with Crippen LogP contribution in [0.25, 0.3) is 0 Å². The fourth-order valence-electron chi connectivity index (χ4n) is 3.17. The predicted octanol–water partition coefficient (Wildman–Crippen LogP) is 5.66. The van der Waals surface area contributed by atoms with Crippen molar-refractivity contribution in [3.63, 3.8) is 0 Å². The van der Waals surface area contributed by atoms with Crippen molar-refractivity contribution in [2.24, 2.45) is 0 Å². The molecule has 0 aliphatic rings. The zero-order chi connectivity index (χ0) is 29.7. The number of carbonyl (C=O) groups is 4. The van der Waals surface area contributed by atoms with Crippen LogP contribution in [0.3, 0.4) is 0 Å². The first-order valence-electron chi connectivity index (χ1n) is 13.9. The Morgan fingerprint density at radius 3 is 1.73 bits per heavy atom. The normalized spacial score (nSPS) is 13.1. The second kappa shape index (κ2) is 26.7. The quantitative estimate of drug-likeness (QED) is 0.0687. The molecule has 2 amide bonds. The van der Waals surface area contributed by atoms with E-state index in [1.165, 1.54) is 7.11 Å². The van der Waals surface area contributed by atoms with Gasteiger partial charge < -0.3 is 20.5 Å². The number of aliphatic carboxylic acids is 1. The van der Waals surface area contributed by atoms with Gasteiger partial charge >= 0.3 is 11.9 Å². The van der Waals surface area contributed by atoms with Crippen LogP contribution in [0.15, 0.2) is 85.1 Å². The summed E-state index contributed by atoms with van der Waals surface area (Å²) in [5.74, 6) is -2.73. The Labute approximate surface area is 239 Å². The van der Waals surface area contributed by atoms with E-state index in [1.54, 1.807) is 0 Å². The third kappa shape index (κ3) is 24.4. The van der Waals surface area contributed by atoms with E-state index in [9.17, 15) is 24.3 Å². The van der Waals surface area contributed by atoms with Crippen molar-refractivity contribution >= 4 is 23.8 Å². The number of allylic oxidation sites excluding steroid dienone is 12. The first kappa shape index (κ1) is 36.1. The molecule has 0 spiro atoms. The molecular weight excluding hydrogens is 508 g/mol. The highest BCUT2D eigenvalue weighted by Gasteiger charge is 2.18. The summed E-state index contributed by atoms with van der Waals surface area (Å²) < 4.78 is 4.37. The van der Waals surface area contributed by atoms with E-state index in [2.05, 4.69) is 83.1 Å². The minimum atomic E-state index is -1.19. The fourth-order valence-corrected chi connectivity index (χ4v) is 3.17. The van der Waals surface area contributed by atoms with Crippen LogP contribution in [-0.2, 0) is 23.9 Å². The first-order valence-corrected chi connectivity index (χ1v) is 13.9. The molecule has 8 heteroatoms. The van der Waals surface area contributed by atoms with E-state index in [0.717, 1.165) is 50.7 Å². The second-order valence-electron chi connectivity index (χ2n) is 8.70. The van der Waals surface area contributed by atoms with Gasteiger partial charge in [-0.25, -0.2) is 9.59 Å². The summed E-state index contributed by atoms with van der Waals surface area (Å²) >= 11 is 0. The van der Waals surface area contributed by atoms with E-state index in [1.807, 2.05) is 12.2 Å². The molecule has 3 N–H and O–H groups in total. The molecule has 0 radical (unpaired) electrons. The average molecular weight is 555 g/mol. The van der Waals surface area contributed by atoms with Gasteiger partial charge in [-0.1, -0.05) is 79.8 Å². The second-order valence-corrected chi connectivity index (χ2v) is 8.70. The highest BCUT2D eigenvalue weighted by Crippen LogP contribution is 2.00. The third-order valence-corrected chi connectivity index (χ3v) is 5.31. The van der Waals surface area contributed by atoms with Crippen LogP contribution in [0.2, 0.25) is 0 Å². The highest BCUT2D eigenvalue weighted by atomic mass is 16.5. The summed E-state index contributed by atoms with van der Waals surface area (Å²) in [4.78, 5) is 46.0. The summed E-state index contributed by atoms with van der Waals surface area (Å²) in [5, 5.41) is 14.3. The van der Waals surface area contributed by atoms with E-state index in [-0.39, 0.29) is 12.3 Å². The Morgan fingerprint density at radius 2 is 1.25 bits per heavy atom. The predicted molar refractivity (Wildman–Crippen MR) is 160 cm³/mol. The molecule has 0 heterocycles. The van der Waals surface area contributed by atoms with Crippen LogP contribution in [0, 0.1) is 0 Å². The molecule has 0 saturated heterocycles. The summed E-state index contributed by atoms with van der Waals surface area (Å²) in [6.07, 6.45) is 34.6. The lowest BCUT2D eigenvalue weighted by molar-refractivity contribution is -0.141. The number of carboxylic acids is 1. The Balaban J connectivity index is 3.89. The molecule has 0 saturated carbocycles. The van der Waals surface area contributed by atoms with Gasteiger partial charge in [0.15, 0.2) is 0 Å². The van der Waals surface area contributed by atoms with Crippen molar-refractivity contribution in [3.05, 3.63) is 85.1 Å². The summed E-state index contributed by atoms with van der Waals surface area (Å²) in [6, 6.07) is -1.12. The topological polar surface area (TPSA) is 122 Å². The summed E-state index contributed by atoms with van der Waals surface area (Å²) in [7, 11) is 1.17. The fraction of sp³-hybridized carbons (Fsp3) is 0.438. The smallest absolute Gasteiger partial charge is 0.330 e. The van der Waals surface area contributed by atoms with Crippen LogP contribution in [-0.4, -0.2) is 48.6 Å². The number of rotatable bonds is 22. The van der Waals surface area contributed by atoms with Crippen molar-refractivity contribution in [3.8, 4) is 0 Å². The molecule has 0 fully saturated rings. The number of methoxy groups -OCH3 is 1. The molecule has 0 aliphatic heterocycles. The van der Waals surface area contributed by atoms with Gasteiger partial charge in [0.25, 0.3) is 0 Å². The zero-order valence-corrected chi connectivity index (χ0v) is 23.9. The number of hydrogen-bond acceptors (Lipinski definition) is 5. The van der Waals surface area contributed by atoms with Crippen LogP contribution in [0.1, 0.15) is 71.1 Å². The molecule has 0 aromatic heterocycles. The van der Waals surface area contributed by atoms with Crippen molar-refractivity contribution in [1.29, 1.82) is 0 Å². The molecule has 0 aromatic rings. The van der Waals surface area contributed by atoms with Crippen LogP contribution >= 0.6 is 0 Å². The van der Waals surface area contributed by atoms with Gasteiger partial charge in [-0.05, 0) is 57.8 Å². The Kier molecular flexibility index (Phi) is 24.0. The molecule has 1 atom stereocenters. The number of hydrogen-bond donors (Lipinski definition) is 3. The van der Waals surface area contributed by atoms with E-state index in [4.69, 9.17) is 0 Å². The Morgan fingerprint density at radius 1 is 0.750 bits per heavy atom. The molecule has 220 valence electrons. The number of esters is 1. The minimum Gasteiger partial charge on any atom is -0.480 e. The third-order valence-electron chi connectivity index (χ3n) is 5.31. The van der Waals surface area contributed by atoms with Crippen LogP contribution in [0.5, 0.6) is 0 Å².